The van der Waals surface area contributed by atoms with E-state index >= 15 is 0 Å². The molecule has 0 bridgehead atoms. The molecule has 2 N–H and O–H groups in total. The maximum absolute atomic E-state index is 14.1. The SMILES string of the molecule is Cc1nc2cc(S(=O)(=O)N(CC(C)C)C[C@@H](O)[C@H](Cc3ccccc3)N(Cc3ccccc3)Cc3ccccc3)ccc2[nH]1. The molecule has 0 radical (unpaired) electrons. The number of aryl methyl sites for hydroxylation is 1. The summed E-state index contributed by atoms with van der Waals surface area (Å²) in [5.41, 5.74) is 4.73. The van der Waals surface area contributed by atoms with Crippen molar-refractivity contribution in [2.24, 2.45) is 5.92 Å². The fourth-order valence-electron chi connectivity index (χ4n) is 5.72. The summed E-state index contributed by atoms with van der Waals surface area (Å²) in [7, 11) is -3.92. The summed E-state index contributed by atoms with van der Waals surface area (Å²) in [4.78, 5) is 10.1. The van der Waals surface area contributed by atoms with E-state index in [0.717, 1.165) is 28.0 Å². The number of nitrogens with zero attached hydrogens (tertiary/aromatic N) is 3. The second-order valence-corrected chi connectivity index (χ2v) is 13.9. The Kier molecular flexibility index (Phi) is 10.3. The molecule has 0 aliphatic heterocycles. The van der Waals surface area contributed by atoms with Crippen LogP contribution in [0, 0.1) is 12.8 Å². The fraction of sp³-hybridized carbons (Fsp3) is 0.306. The third kappa shape index (κ3) is 8.01. The molecular formula is C36H42N4O3S. The van der Waals surface area contributed by atoms with Gasteiger partial charge in [-0.25, -0.2) is 13.4 Å². The molecule has 1 heterocycles. The molecule has 0 saturated heterocycles. The summed E-state index contributed by atoms with van der Waals surface area (Å²) in [5, 5.41) is 12.1. The van der Waals surface area contributed by atoms with Crippen LogP contribution < -0.4 is 0 Å². The zero-order valence-electron chi connectivity index (χ0n) is 25.7. The summed E-state index contributed by atoms with van der Waals surface area (Å²) in [6, 6.07) is 35.2. The van der Waals surface area contributed by atoms with Crippen molar-refractivity contribution in [2.75, 3.05) is 13.1 Å². The minimum Gasteiger partial charge on any atom is -0.390 e. The molecule has 2 atom stereocenters. The van der Waals surface area contributed by atoms with E-state index < -0.39 is 16.1 Å². The molecule has 0 aliphatic rings. The normalized spacial score (nSPS) is 13.6. The molecule has 1 aromatic heterocycles. The standard InChI is InChI=1S/C36H42N4O3S/c1-27(2)23-40(44(42,43)32-19-20-33-34(22-32)38-28(3)37-33)26-36(41)35(21-29-13-7-4-8-14-29)39(24-30-15-9-5-10-16-30)25-31-17-11-6-12-18-31/h4-20,22,27,35-36,41H,21,23-26H2,1-3H3,(H,37,38)/t35-,36+/m0/s1. The van der Waals surface area contributed by atoms with Crippen LogP contribution >= 0.6 is 0 Å². The lowest BCUT2D eigenvalue weighted by Crippen LogP contribution is -2.50. The number of hydrogen-bond acceptors (Lipinski definition) is 5. The van der Waals surface area contributed by atoms with Crippen LogP contribution in [-0.2, 0) is 29.5 Å². The van der Waals surface area contributed by atoms with Crippen LogP contribution in [0.3, 0.4) is 0 Å². The van der Waals surface area contributed by atoms with Crippen molar-refractivity contribution < 1.29 is 13.5 Å². The number of aliphatic hydroxyl groups excluding tert-OH is 1. The summed E-state index contributed by atoms with van der Waals surface area (Å²) < 4.78 is 29.7. The zero-order valence-corrected chi connectivity index (χ0v) is 26.5. The van der Waals surface area contributed by atoms with Gasteiger partial charge in [0.05, 0.1) is 22.0 Å². The second-order valence-electron chi connectivity index (χ2n) is 11.9. The predicted octanol–water partition coefficient (Wildman–Crippen LogP) is 6.19. The van der Waals surface area contributed by atoms with Gasteiger partial charge in [0.2, 0.25) is 10.0 Å². The lowest BCUT2D eigenvalue weighted by Gasteiger charge is -2.37. The summed E-state index contributed by atoms with van der Waals surface area (Å²) in [5.74, 6) is 0.787. The van der Waals surface area contributed by atoms with Crippen LogP contribution in [0.5, 0.6) is 0 Å². The number of sulfonamides is 1. The van der Waals surface area contributed by atoms with E-state index in [2.05, 4.69) is 51.3 Å². The highest BCUT2D eigenvalue weighted by atomic mass is 32.2. The van der Waals surface area contributed by atoms with E-state index in [1.165, 1.54) is 4.31 Å². The molecule has 44 heavy (non-hydrogen) atoms. The Morgan fingerprint density at radius 3 is 1.86 bits per heavy atom. The highest BCUT2D eigenvalue weighted by Crippen LogP contribution is 2.25. The third-order valence-electron chi connectivity index (χ3n) is 7.83. The Morgan fingerprint density at radius 2 is 1.32 bits per heavy atom. The Hall–Kier alpha value is -3.82. The maximum Gasteiger partial charge on any atom is 0.243 e. The van der Waals surface area contributed by atoms with Gasteiger partial charge in [0.25, 0.3) is 0 Å². The Bertz CT molecular complexity index is 1680. The molecule has 7 nitrogen and oxygen atoms in total. The van der Waals surface area contributed by atoms with Crippen LogP contribution in [0.1, 0.15) is 36.4 Å². The quantitative estimate of drug-likeness (QED) is 0.157. The molecule has 0 amide bonds. The van der Waals surface area contributed by atoms with Gasteiger partial charge in [-0.05, 0) is 54.2 Å². The predicted molar refractivity (Wildman–Crippen MR) is 176 cm³/mol. The van der Waals surface area contributed by atoms with E-state index in [-0.39, 0.29) is 29.9 Å². The van der Waals surface area contributed by atoms with Crippen molar-refractivity contribution >= 4 is 21.1 Å². The Morgan fingerprint density at radius 1 is 0.773 bits per heavy atom. The molecule has 0 unspecified atom stereocenters. The van der Waals surface area contributed by atoms with Crippen LogP contribution in [0.4, 0.5) is 0 Å². The van der Waals surface area contributed by atoms with Crippen molar-refractivity contribution in [1.29, 1.82) is 0 Å². The van der Waals surface area contributed by atoms with E-state index in [1.54, 1.807) is 18.2 Å². The van der Waals surface area contributed by atoms with Gasteiger partial charge in [0.1, 0.15) is 5.82 Å². The molecule has 4 aromatic carbocycles. The fourth-order valence-corrected chi connectivity index (χ4v) is 7.36. The first-order valence-corrected chi connectivity index (χ1v) is 16.6. The summed E-state index contributed by atoms with van der Waals surface area (Å²) in [6.45, 7) is 7.30. The molecule has 5 aromatic rings. The number of nitrogens with one attached hydrogen (secondary N) is 1. The number of H-pyrrole nitrogens is 1. The highest BCUT2D eigenvalue weighted by Gasteiger charge is 2.33. The van der Waals surface area contributed by atoms with Gasteiger partial charge in [0.15, 0.2) is 0 Å². The zero-order chi connectivity index (χ0) is 31.1. The molecule has 0 aliphatic carbocycles. The van der Waals surface area contributed by atoms with E-state index in [1.807, 2.05) is 75.4 Å². The second kappa shape index (κ2) is 14.3. The number of benzene rings is 4. The smallest absolute Gasteiger partial charge is 0.243 e. The molecule has 230 valence electrons. The van der Waals surface area contributed by atoms with Gasteiger partial charge in [0, 0.05) is 32.2 Å². The molecule has 0 fully saturated rings. The number of imidazole rings is 1. The monoisotopic (exact) mass is 610 g/mol. The van der Waals surface area contributed by atoms with Crippen molar-refractivity contribution in [3.05, 3.63) is 132 Å². The summed E-state index contributed by atoms with van der Waals surface area (Å²) in [6.07, 6.45) is -0.400. The van der Waals surface area contributed by atoms with Gasteiger partial charge in [-0.15, -0.1) is 0 Å². The maximum atomic E-state index is 14.1. The minimum absolute atomic E-state index is 0.0320. The van der Waals surface area contributed by atoms with Crippen LogP contribution in [0.25, 0.3) is 11.0 Å². The number of aromatic amines is 1. The minimum atomic E-state index is -3.92. The van der Waals surface area contributed by atoms with Gasteiger partial charge in [-0.3, -0.25) is 4.90 Å². The molecule has 5 rings (SSSR count). The van der Waals surface area contributed by atoms with E-state index in [0.29, 0.717) is 25.0 Å². The number of hydrogen-bond donors (Lipinski definition) is 2. The van der Waals surface area contributed by atoms with Crippen LogP contribution in [-0.4, -0.2) is 57.9 Å². The highest BCUT2D eigenvalue weighted by molar-refractivity contribution is 7.89. The number of aromatic nitrogens is 2. The number of rotatable bonds is 14. The van der Waals surface area contributed by atoms with Crippen molar-refractivity contribution in [3.8, 4) is 0 Å². The number of aliphatic hydroxyl groups is 1. The first-order chi connectivity index (χ1) is 21.2. The number of fused-ring (bicyclic) bond motifs is 1. The molecule has 8 heteroatoms. The van der Waals surface area contributed by atoms with Gasteiger partial charge in [-0.1, -0.05) is 105 Å². The van der Waals surface area contributed by atoms with E-state index in [4.69, 9.17) is 0 Å². The van der Waals surface area contributed by atoms with Crippen molar-refractivity contribution in [3.63, 3.8) is 0 Å². The average Bonchev–Trinajstić information content (AvgIpc) is 3.40. The molecule has 0 saturated carbocycles. The first kappa shape index (κ1) is 31.6. The van der Waals surface area contributed by atoms with E-state index in [9.17, 15) is 13.5 Å². The van der Waals surface area contributed by atoms with Gasteiger partial charge in [-0.2, -0.15) is 4.31 Å². The first-order valence-electron chi connectivity index (χ1n) is 15.2. The van der Waals surface area contributed by atoms with Crippen LogP contribution in [0.2, 0.25) is 0 Å². The van der Waals surface area contributed by atoms with Gasteiger partial charge < -0.3 is 10.1 Å². The lowest BCUT2D eigenvalue weighted by atomic mass is 9.97. The topological polar surface area (TPSA) is 89.5 Å². The average molecular weight is 611 g/mol. The summed E-state index contributed by atoms with van der Waals surface area (Å²) >= 11 is 0. The van der Waals surface area contributed by atoms with Crippen molar-refractivity contribution in [2.45, 2.75) is 57.3 Å². The Labute approximate surface area is 261 Å². The largest absolute Gasteiger partial charge is 0.390 e. The lowest BCUT2D eigenvalue weighted by molar-refractivity contribution is 0.0273. The van der Waals surface area contributed by atoms with Crippen molar-refractivity contribution in [1.82, 2.24) is 19.2 Å². The van der Waals surface area contributed by atoms with Crippen LogP contribution in [0.15, 0.2) is 114 Å². The molecular weight excluding hydrogens is 568 g/mol. The van der Waals surface area contributed by atoms with Gasteiger partial charge >= 0.3 is 0 Å². The third-order valence-corrected chi connectivity index (χ3v) is 9.66. The molecule has 0 spiro atoms. The Balaban J connectivity index is 1.50.